The van der Waals surface area contributed by atoms with Crippen molar-refractivity contribution in [1.82, 2.24) is 0 Å². The van der Waals surface area contributed by atoms with Crippen molar-refractivity contribution in [1.29, 1.82) is 0 Å². The van der Waals surface area contributed by atoms with E-state index in [1.807, 2.05) is 0 Å². The zero-order chi connectivity index (χ0) is 22.5. The summed E-state index contributed by atoms with van der Waals surface area (Å²) >= 11 is 0. The number of hydrogen-bond donors (Lipinski definition) is 1. The number of aliphatic imine (C=N–C) groups is 1. The van der Waals surface area contributed by atoms with Gasteiger partial charge in [-0.05, 0) is 39.0 Å². The first-order valence-electron chi connectivity index (χ1n) is 13.9. The maximum Gasteiger partial charge on any atom is 0.198 e. The van der Waals surface area contributed by atoms with Gasteiger partial charge < -0.3 is 5.11 Å². The lowest BCUT2D eigenvalue weighted by Crippen LogP contribution is -2.52. The highest BCUT2D eigenvalue weighted by Crippen LogP contribution is 2.20. The Morgan fingerprint density at radius 1 is 0.742 bits per heavy atom. The summed E-state index contributed by atoms with van der Waals surface area (Å²) in [6.07, 6.45) is 29.4. The molecule has 1 N–H and O–H groups in total. The first kappa shape index (κ1) is 28.4. The number of hydrogen-bond acceptors (Lipinski definition) is 2. The van der Waals surface area contributed by atoms with Crippen LogP contribution in [-0.4, -0.2) is 48.2 Å². The van der Waals surface area contributed by atoms with Crippen LogP contribution in [0.3, 0.4) is 0 Å². The van der Waals surface area contributed by atoms with Crippen molar-refractivity contribution in [2.45, 2.75) is 129 Å². The predicted octanol–water partition coefficient (Wildman–Crippen LogP) is 7.83. The van der Waals surface area contributed by atoms with Crippen LogP contribution in [0.1, 0.15) is 129 Å². The summed E-state index contributed by atoms with van der Waals surface area (Å²) in [7, 11) is 0. The molecule has 0 spiro atoms. The SMILES string of the molecule is CCCCCCCCCCCC/C=C/CCCCCCCC1=NCC[N+]1(CC)CCO. The fourth-order valence-electron chi connectivity index (χ4n) is 4.96. The Kier molecular flexibility index (Phi) is 18.3. The molecule has 0 fully saturated rings. The minimum Gasteiger partial charge on any atom is -0.390 e. The summed E-state index contributed by atoms with van der Waals surface area (Å²) in [6.45, 7) is 8.78. The second-order valence-corrected chi connectivity index (χ2v) is 9.68. The molecule has 0 amide bonds. The van der Waals surface area contributed by atoms with Crippen molar-refractivity contribution in [3.63, 3.8) is 0 Å². The standard InChI is InChI=1S/C28H55N2O/c1-3-5-6-7-8-9-10-11-12-13-14-15-16-17-18-19-20-21-22-23-28-29-24-25-30(28,4-2)26-27-31/h15-16,31H,3-14,17-27H2,1-2H3/q+1/b16-15+. The number of allylic oxidation sites excluding steroid dienone is 2. The van der Waals surface area contributed by atoms with Crippen molar-refractivity contribution >= 4 is 5.84 Å². The maximum atomic E-state index is 9.40. The highest BCUT2D eigenvalue weighted by molar-refractivity contribution is 5.76. The van der Waals surface area contributed by atoms with E-state index >= 15 is 0 Å². The molecule has 1 aliphatic rings. The number of unbranched alkanes of at least 4 members (excludes halogenated alkanes) is 15. The first-order valence-corrected chi connectivity index (χ1v) is 13.9. The van der Waals surface area contributed by atoms with E-state index in [4.69, 9.17) is 4.99 Å². The van der Waals surface area contributed by atoms with E-state index in [-0.39, 0.29) is 6.61 Å². The Morgan fingerprint density at radius 3 is 1.77 bits per heavy atom. The van der Waals surface area contributed by atoms with Crippen LogP contribution in [-0.2, 0) is 0 Å². The average molecular weight is 436 g/mol. The highest BCUT2D eigenvalue weighted by Gasteiger charge is 2.35. The van der Waals surface area contributed by atoms with Crippen molar-refractivity contribution in [2.24, 2.45) is 4.99 Å². The number of nitrogens with zero attached hydrogens (tertiary/aromatic N) is 2. The molecule has 0 aliphatic carbocycles. The zero-order valence-corrected chi connectivity index (χ0v) is 21.3. The molecule has 1 rings (SSSR count). The minimum atomic E-state index is 0.277. The number of aliphatic hydroxyl groups is 1. The second-order valence-electron chi connectivity index (χ2n) is 9.68. The minimum absolute atomic E-state index is 0.277. The van der Waals surface area contributed by atoms with Crippen LogP contribution in [0.5, 0.6) is 0 Å². The van der Waals surface area contributed by atoms with Gasteiger partial charge >= 0.3 is 0 Å². The van der Waals surface area contributed by atoms with Crippen molar-refractivity contribution in [2.75, 3.05) is 32.8 Å². The fourth-order valence-corrected chi connectivity index (χ4v) is 4.96. The Hall–Kier alpha value is -0.670. The molecular formula is C28H55N2O+. The van der Waals surface area contributed by atoms with Crippen LogP contribution >= 0.6 is 0 Å². The van der Waals surface area contributed by atoms with Crippen LogP contribution in [0.2, 0.25) is 0 Å². The van der Waals surface area contributed by atoms with Gasteiger partial charge in [0, 0.05) is 6.42 Å². The number of quaternary nitrogens is 1. The summed E-state index contributed by atoms with van der Waals surface area (Å²) in [5.41, 5.74) is 0. The average Bonchev–Trinajstić information content (AvgIpc) is 3.18. The third-order valence-electron chi connectivity index (χ3n) is 7.17. The predicted molar refractivity (Wildman–Crippen MR) is 138 cm³/mol. The molecule has 31 heavy (non-hydrogen) atoms. The molecule has 0 saturated heterocycles. The van der Waals surface area contributed by atoms with Crippen LogP contribution < -0.4 is 0 Å². The van der Waals surface area contributed by atoms with Crippen LogP contribution in [0.4, 0.5) is 0 Å². The summed E-state index contributed by atoms with van der Waals surface area (Å²) in [6, 6.07) is 0. The molecule has 0 aromatic rings. The second kappa shape index (κ2) is 20.0. The maximum absolute atomic E-state index is 9.40. The summed E-state index contributed by atoms with van der Waals surface area (Å²) in [4.78, 5) is 4.76. The molecule has 3 heteroatoms. The third-order valence-corrected chi connectivity index (χ3v) is 7.17. The van der Waals surface area contributed by atoms with Gasteiger partial charge in [0.05, 0.1) is 19.7 Å². The van der Waals surface area contributed by atoms with Crippen LogP contribution in [0.25, 0.3) is 0 Å². The molecule has 0 radical (unpaired) electrons. The summed E-state index contributed by atoms with van der Waals surface area (Å²) < 4.78 is 0.945. The Morgan fingerprint density at radius 2 is 1.26 bits per heavy atom. The van der Waals surface area contributed by atoms with E-state index in [0.29, 0.717) is 0 Å². The molecule has 1 atom stereocenters. The molecule has 182 valence electrons. The van der Waals surface area contributed by atoms with Gasteiger partial charge in [0.2, 0.25) is 0 Å². The number of amidine groups is 1. The molecule has 1 unspecified atom stereocenters. The first-order chi connectivity index (χ1) is 15.3. The topological polar surface area (TPSA) is 32.6 Å². The normalized spacial score (nSPS) is 18.9. The summed E-state index contributed by atoms with van der Waals surface area (Å²) in [5.74, 6) is 1.35. The number of rotatable bonds is 22. The van der Waals surface area contributed by atoms with E-state index in [0.717, 1.165) is 37.1 Å². The van der Waals surface area contributed by atoms with Gasteiger partial charge in [-0.3, -0.25) is 4.48 Å². The third kappa shape index (κ3) is 13.5. The van der Waals surface area contributed by atoms with Gasteiger partial charge in [0.15, 0.2) is 5.84 Å². The van der Waals surface area contributed by atoms with Gasteiger partial charge in [-0.1, -0.05) is 96.1 Å². The molecule has 0 bridgehead atoms. The van der Waals surface area contributed by atoms with E-state index in [9.17, 15) is 5.11 Å². The zero-order valence-electron chi connectivity index (χ0n) is 21.3. The quantitative estimate of drug-likeness (QED) is 0.105. The van der Waals surface area contributed by atoms with Crippen LogP contribution in [0.15, 0.2) is 17.1 Å². The van der Waals surface area contributed by atoms with Gasteiger partial charge in [0.1, 0.15) is 13.1 Å². The Bertz CT molecular complexity index is 460. The van der Waals surface area contributed by atoms with Crippen molar-refractivity contribution in [3.8, 4) is 0 Å². The van der Waals surface area contributed by atoms with Crippen molar-refractivity contribution < 1.29 is 9.59 Å². The lowest BCUT2D eigenvalue weighted by atomic mass is 10.1. The Balaban J connectivity index is 1.85. The monoisotopic (exact) mass is 435 g/mol. The van der Waals surface area contributed by atoms with E-state index in [1.165, 1.54) is 115 Å². The Labute approximate surface area is 195 Å². The van der Waals surface area contributed by atoms with Gasteiger partial charge in [-0.2, -0.15) is 0 Å². The molecular weight excluding hydrogens is 380 g/mol. The number of aliphatic hydroxyl groups excluding tert-OH is 1. The summed E-state index contributed by atoms with van der Waals surface area (Å²) in [5, 5.41) is 9.40. The smallest absolute Gasteiger partial charge is 0.198 e. The van der Waals surface area contributed by atoms with E-state index < -0.39 is 0 Å². The highest BCUT2D eigenvalue weighted by atomic mass is 16.3. The molecule has 0 aromatic carbocycles. The van der Waals surface area contributed by atoms with Gasteiger partial charge in [0.25, 0.3) is 0 Å². The molecule has 1 heterocycles. The fraction of sp³-hybridized carbons (Fsp3) is 0.893. The van der Waals surface area contributed by atoms with Crippen LogP contribution in [0, 0.1) is 0 Å². The molecule has 3 nitrogen and oxygen atoms in total. The molecule has 1 aliphatic heterocycles. The van der Waals surface area contributed by atoms with Gasteiger partial charge in [-0.15, -0.1) is 0 Å². The lowest BCUT2D eigenvalue weighted by molar-refractivity contribution is -0.835. The van der Waals surface area contributed by atoms with Gasteiger partial charge in [-0.25, -0.2) is 4.99 Å². The van der Waals surface area contributed by atoms with E-state index in [2.05, 4.69) is 26.0 Å². The largest absolute Gasteiger partial charge is 0.390 e. The van der Waals surface area contributed by atoms with Crippen molar-refractivity contribution in [3.05, 3.63) is 12.2 Å². The molecule has 0 saturated carbocycles. The molecule has 0 aromatic heterocycles. The van der Waals surface area contributed by atoms with E-state index in [1.54, 1.807) is 0 Å². The lowest BCUT2D eigenvalue weighted by Gasteiger charge is -2.33. The number of likely N-dealkylation sites (N-methyl/N-ethyl adjacent to an activating group) is 1.